The molecule has 0 aliphatic carbocycles. The van der Waals surface area contributed by atoms with Crippen molar-refractivity contribution in [3.05, 3.63) is 81.2 Å². The summed E-state index contributed by atoms with van der Waals surface area (Å²) in [7, 11) is 3.02. The second-order valence-electron chi connectivity index (χ2n) is 8.03. The number of rotatable bonds is 10. The van der Waals surface area contributed by atoms with Crippen LogP contribution in [0.5, 0.6) is 17.2 Å². The molecule has 184 valence electrons. The maximum Gasteiger partial charge on any atom is 0.268 e. The number of amides is 2. The fraction of sp³-hybridized carbons (Fsp3) is 0.259. The van der Waals surface area contributed by atoms with Crippen LogP contribution >= 0.6 is 11.3 Å². The van der Waals surface area contributed by atoms with Crippen LogP contribution in [0.25, 0.3) is 6.08 Å². The molecule has 35 heavy (non-hydrogen) atoms. The lowest BCUT2D eigenvalue weighted by Gasteiger charge is -2.17. The van der Waals surface area contributed by atoms with E-state index in [1.165, 1.54) is 31.1 Å². The number of carbonyl (C=O) groups excluding carboxylic acids is 2. The lowest BCUT2D eigenvalue weighted by molar-refractivity contribution is -0.118. The third-order valence-electron chi connectivity index (χ3n) is 5.32. The molecule has 2 N–H and O–H groups in total. The molecule has 0 aliphatic heterocycles. The minimum Gasteiger partial charge on any atom is -0.493 e. The number of carbonyl (C=O) groups is 2. The van der Waals surface area contributed by atoms with Gasteiger partial charge in [0.2, 0.25) is 0 Å². The smallest absolute Gasteiger partial charge is 0.268 e. The standard InChI is InChI=1S/C27H30N2O5S/c1-17-8-10-21(13-18(17)2)34-16-19(3)28-27(31)23(15-22-7-6-12-35-22)29-26(30)20-9-11-24(32-4)25(14-20)33-5/h6-15,19H,16H2,1-5H3,(H,28,31)(H,29,30)/b23-15-. The molecule has 0 aliphatic rings. The highest BCUT2D eigenvalue weighted by molar-refractivity contribution is 7.10. The van der Waals surface area contributed by atoms with Gasteiger partial charge in [-0.15, -0.1) is 11.3 Å². The fourth-order valence-electron chi connectivity index (χ4n) is 3.21. The Morgan fingerprint density at radius 3 is 2.43 bits per heavy atom. The summed E-state index contributed by atoms with van der Waals surface area (Å²) < 4.78 is 16.4. The van der Waals surface area contributed by atoms with Crippen molar-refractivity contribution in [1.29, 1.82) is 0 Å². The Morgan fingerprint density at radius 2 is 1.77 bits per heavy atom. The van der Waals surface area contributed by atoms with Crippen molar-refractivity contribution in [2.75, 3.05) is 20.8 Å². The molecule has 3 aromatic rings. The zero-order chi connectivity index (χ0) is 25.4. The highest BCUT2D eigenvalue weighted by atomic mass is 32.1. The SMILES string of the molecule is COc1ccc(C(=O)N/C(=C\c2cccs2)C(=O)NC(C)COc2ccc(C)c(C)c2)cc1OC. The van der Waals surface area contributed by atoms with Crippen molar-refractivity contribution in [2.45, 2.75) is 26.8 Å². The van der Waals surface area contributed by atoms with Crippen molar-refractivity contribution < 1.29 is 23.8 Å². The van der Waals surface area contributed by atoms with Gasteiger partial charge in [0.05, 0.1) is 20.3 Å². The van der Waals surface area contributed by atoms with Gasteiger partial charge in [-0.1, -0.05) is 12.1 Å². The predicted octanol–water partition coefficient (Wildman–Crippen LogP) is 4.74. The second kappa shape index (κ2) is 12.1. The Morgan fingerprint density at radius 1 is 1.00 bits per heavy atom. The summed E-state index contributed by atoms with van der Waals surface area (Å²) in [5.41, 5.74) is 2.79. The first-order valence-corrected chi connectivity index (χ1v) is 12.0. The number of benzene rings is 2. The first kappa shape index (κ1) is 25.8. The Hall–Kier alpha value is -3.78. The molecule has 0 saturated heterocycles. The van der Waals surface area contributed by atoms with E-state index >= 15 is 0 Å². The van der Waals surface area contributed by atoms with E-state index in [-0.39, 0.29) is 18.3 Å². The van der Waals surface area contributed by atoms with E-state index in [1.807, 2.05) is 56.5 Å². The van der Waals surface area contributed by atoms with Gasteiger partial charge in [0.15, 0.2) is 11.5 Å². The number of ether oxygens (including phenoxy) is 3. The molecule has 1 unspecified atom stereocenters. The van der Waals surface area contributed by atoms with Gasteiger partial charge in [-0.2, -0.15) is 0 Å². The molecule has 1 aromatic heterocycles. The zero-order valence-corrected chi connectivity index (χ0v) is 21.3. The zero-order valence-electron chi connectivity index (χ0n) is 20.5. The van der Waals surface area contributed by atoms with E-state index in [9.17, 15) is 9.59 Å². The average Bonchev–Trinajstić information content (AvgIpc) is 3.37. The summed E-state index contributed by atoms with van der Waals surface area (Å²) in [4.78, 5) is 26.9. The third-order valence-corrected chi connectivity index (χ3v) is 6.14. The van der Waals surface area contributed by atoms with Crippen LogP contribution in [0, 0.1) is 13.8 Å². The monoisotopic (exact) mass is 494 g/mol. The van der Waals surface area contributed by atoms with Crippen LogP contribution in [0.2, 0.25) is 0 Å². The molecule has 3 rings (SSSR count). The van der Waals surface area contributed by atoms with Crippen LogP contribution in [-0.2, 0) is 4.79 Å². The van der Waals surface area contributed by atoms with E-state index < -0.39 is 11.8 Å². The van der Waals surface area contributed by atoms with Gasteiger partial charge in [0.1, 0.15) is 18.1 Å². The molecule has 0 fully saturated rings. The Bertz CT molecular complexity index is 1200. The van der Waals surface area contributed by atoms with Crippen molar-refractivity contribution in [2.24, 2.45) is 0 Å². The van der Waals surface area contributed by atoms with Crippen LogP contribution < -0.4 is 24.8 Å². The third kappa shape index (κ3) is 7.10. The lowest BCUT2D eigenvalue weighted by Crippen LogP contribution is -2.41. The van der Waals surface area contributed by atoms with Gasteiger partial charge in [-0.3, -0.25) is 9.59 Å². The molecule has 0 saturated carbocycles. The van der Waals surface area contributed by atoms with Gasteiger partial charge in [0.25, 0.3) is 11.8 Å². The maximum atomic E-state index is 13.1. The molecular weight excluding hydrogens is 464 g/mol. The van der Waals surface area contributed by atoms with Gasteiger partial charge in [0, 0.05) is 10.4 Å². The normalized spacial score (nSPS) is 12.0. The molecule has 2 aromatic carbocycles. The molecule has 7 nitrogen and oxygen atoms in total. The number of aryl methyl sites for hydroxylation is 2. The van der Waals surface area contributed by atoms with E-state index in [2.05, 4.69) is 10.6 Å². The lowest BCUT2D eigenvalue weighted by atomic mass is 10.1. The van der Waals surface area contributed by atoms with Crippen LogP contribution in [0.1, 0.15) is 33.3 Å². The number of methoxy groups -OCH3 is 2. The summed E-state index contributed by atoms with van der Waals surface area (Å²) in [6, 6.07) is 14.1. The van der Waals surface area contributed by atoms with Crippen molar-refractivity contribution in [3.8, 4) is 17.2 Å². The van der Waals surface area contributed by atoms with E-state index in [0.29, 0.717) is 17.1 Å². The van der Waals surface area contributed by atoms with Gasteiger partial charge in [-0.05, 0) is 79.8 Å². The fourth-order valence-corrected chi connectivity index (χ4v) is 3.87. The summed E-state index contributed by atoms with van der Waals surface area (Å²) in [6.45, 7) is 6.19. The summed E-state index contributed by atoms with van der Waals surface area (Å²) in [6.07, 6.45) is 1.65. The summed E-state index contributed by atoms with van der Waals surface area (Å²) in [5, 5.41) is 7.53. The average molecular weight is 495 g/mol. The van der Waals surface area contributed by atoms with Crippen molar-refractivity contribution in [3.63, 3.8) is 0 Å². The minimum absolute atomic E-state index is 0.130. The summed E-state index contributed by atoms with van der Waals surface area (Å²) >= 11 is 1.46. The van der Waals surface area contributed by atoms with Crippen LogP contribution in [0.3, 0.4) is 0 Å². The topological polar surface area (TPSA) is 85.9 Å². The predicted molar refractivity (Wildman–Crippen MR) is 138 cm³/mol. The molecule has 0 radical (unpaired) electrons. The van der Waals surface area contributed by atoms with E-state index in [4.69, 9.17) is 14.2 Å². The quantitative estimate of drug-likeness (QED) is 0.398. The highest BCUT2D eigenvalue weighted by Gasteiger charge is 2.18. The highest BCUT2D eigenvalue weighted by Crippen LogP contribution is 2.27. The first-order chi connectivity index (χ1) is 16.8. The molecule has 1 heterocycles. The van der Waals surface area contributed by atoms with E-state index in [1.54, 1.807) is 24.3 Å². The van der Waals surface area contributed by atoms with Crippen LogP contribution in [-0.4, -0.2) is 38.7 Å². The minimum atomic E-state index is -0.442. The molecule has 0 spiro atoms. The molecule has 0 bridgehead atoms. The molecule has 2 amide bonds. The van der Waals surface area contributed by atoms with Gasteiger partial charge in [-0.25, -0.2) is 0 Å². The first-order valence-electron chi connectivity index (χ1n) is 11.1. The van der Waals surface area contributed by atoms with Crippen molar-refractivity contribution >= 4 is 29.2 Å². The Balaban J connectivity index is 1.71. The number of nitrogens with one attached hydrogen (secondary N) is 2. The van der Waals surface area contributed by atoms with Crippen LogP contribution in [0.15, 0.2) is 59.6 Å². The molecular formula is C27H30N2O5S. The maximum absolute atomic E-state index is 13.1. The van der Waals surface area contributed by atoms with Crippen LogP contribution in [0.4, 0.5) is 0 Å². The second-order valence-corrected chi connectivity index (χ2v) is 9.01. The Labute approximate surface area is 209 Å². The number of hydrogen-bond acceptors (Lipinski definition) is 6. The molecule has 8 heteroatoms. The van der Waals surface area contributed by atoms with Crippen molar-refractivity contribution in [1.82, 2.24) is 10.6 Å². The van der Waals surface area contributed by atoms with E-state index in [0.717, 1.165) is 16.2 Å². The largest absolute Gasteiger partial charge is 0.493 e. The van der Waals surface area contributed by atoms with Gasteiger partial charge < -0.3 is 24.8 Å². The molecule has 1 atom stereocenters. The summed E-state index contributed by atoms with van der Waals surface area (Å²) in [5.74, 6) is 0.816. The Kier molecular flexibility index (Phi) is 8.92. The number of thiophene rings is 1. The van der Waals surface area contributed by atoms with Gasteiger partial charge >= 0.3 is 0 Å². The number of hydrogen-bond donors (Lipinski definition) is 2.